The molecule has 1 fully saturated rings. The predicted molar refractivity (Wildman–Crippen MR) is 129 cm³/mol. The summed E-state index contributed by atoms with van der Waals surface area (Å²) in [5.41, 5.74) is 4.79. The van der Waals surface area contributed by atoms with E-state index in [1.807, 2.05) is 23.9 Å². The van der Waals surface area contributed by atoms with Crippen molar-refractivity contribution in [2.75, 3.05) is 53.5 Å². The molecule has 1 saturated heterocycles. The van der Waals surface area contributed by atoms with Gasteiger partial charge in [-0.3, -0.25) is 14.6 Å². The number of piperazine rings is 1. The van der Waals surface area contributed by atoms with Gasteiger partial charge in [0.25, 0.3) is 0 Å². The Morgan fingerprint density at radius 3 is 2.47 bits per heavy atom. The Hall–Kier alpha value is -2.74. The Labute approximate surface area is 192 Å². The Kier molecular flexibility index (Phi) is 8.39. The average Bonchev–Trinajstić information content (AvgIpc) is 3.04. The molecule has 0 amide bonds. The van der Waals surface area contributed by atoms with Gasteiger partial charge in [-0.15, -0.1) is 0 Å². The molecule has 8 nitrogen and oxygen atoms in total. The minimum Gasteiger partial charge on any atom is -0.497 e. The number of benzene rings is 1. The van der Waals surface area contributed by atoms with Crippen molar-refractivity contribution in [2.24, 2.45) is 12.0 Å². The molecule has 32 heavy (non-hydrogen) atoms. The summed E-state index contributed by atoms with van der Waals surface area (Å²) in [6, 6.07) is 5.99. The van der Waals surface area contributed by atoms with Crippen LogP contribution >= 0.6 is 0 Å². The molecule has 0 unspecified atom stereocenters. The third-order valence-corrected chi connectivity index (χ3v) is 6.17. The molecule has 176 valence electrons. The Bertz CT molecular complexity index is 915. The molecular formula is C24H38N6O2. The van der Waals surface area contributed by atoms with E-state index in [-0.39, 0.29) is 0 Å². The maximum absolute atomic E-state index is 5.55. The molecule has 0 spiro atoms. The van der Waals surface area contributed by atoms with E-state index in [1.54, 1.807) is 14.2 Å². The summed E-state index contributed by atoms with van der Waals surface area (Å²) in [5.74, 6) is 2.77. The van der Waals surface area contributed by atoms with Gasteiger partial charge < -0.3 is 19.7 Å². The van der Waals surface area contributed by atoms with Crippen LogP contribution in [0.4, 0.5) is 0 Å². The van der Waals surface area contributed by atoms with Crippen LogP contribution in [0.15, 0.2) is 23.2 Å². The van der Waals surface area contributed by atoms with Gasteiger partial charge in [0.2, 0.25) is 0 Å². The highest BCUT2D eigenvalue weighted by molar-refractivity contribution is 5.80. The topological polar surface area (TPSA) is 67.2 Å². The molecule has 3 rings (SSSR count). The molecule has 1 aromatic carbocycles. The lowest BCUT2D eigenvalue weighted by molar-refractivity contribution is 0.171. The number of guanidine groups is 1. The average molecular weight is 443 g/mol. The molecule has 0 radical (unpaired) electrons. The fraction of sp³-hybridized carbons (Fsp3) is 0.583. The zero-order valence-corrected chi connectivity index (χ0v) is 20.4. The first-order chi connectivity index (χ1) is 15.5. The lowest BCUT2D eigenvalue weighted by Crippen LogP contribution is -2.52. The minimum atomic E-state index is 0.761. The fourth-order valence-electron chi connectivity index (χ4n) is 4.24. The number of nitrogens with one attached hydrogen (secondary N) is 1. The first kappa shape index (κ1) is 23.9. The lowest BCUT2D eigenvalue weighted by atomic mass is 10.1. The van der Waals surface area contributed by atoms with Gasteiger partial charge >= 0.3 is 0 Å². The van der Waals surface area contributed by atoms with Crippen LogP contribution in [0.1, 0.15) is 29.4 Å². The monoisotopic (exact) mass is 442 g/mol. The summed E-state index contributed by atoms with van der Waals surface area (Å²) in [6.45, 7) is 12.7. The molecule has 2 heterocycles. The first-order valence-electron chi connectivity index (χ1n) is 11.4. The van der Waals surface area contributed by atoms with Crippen molar-refractivity contribution in [3.05, 3.63) is 40.7 Å². The van der Waals surface area contributed by atoms with Crippen molar-refractivity contribution >= 4 is 5.96 Å². The van der Waals surface area contributed by atoms with Gasteiger partial charge in [0.15, 0.2) is 5.96 Å². The molecule has 2 aromatic rings. The largest absolute Gasteiger partial charge is 0.497 e. The van der Waals surface area contributed by atoms with Crippen molar-refractivity contribution in [3.63, 3.8) is 0 Å². The number of methoxy groups -OCH3 is 2. The summed E-state index contributed by atoms with van der Waals surface area (Å²) in [5, 5.41) is 7.99. The summed E-state index contributed by atoms with van der Waals surface area (Å²) in [7, 11) is 5.42. The minimum absolute atomic E-state index is 0.761. The predicted octanol–water partition coefficient (Wildman–Crippen LogP) is 2.38. The number of nitrogens with zero attached hydrogens (tertiary/aromatic N) is 5. The van der Waals surface area contributed by atoms with Gasteiger partial charge in [-0.1, -0.05) is 0 Å². The van der Waals surface area contributed by atoms with Gasteiger partial charge in [0.1, 0.15) is 11.5 Å². The van der Waals surface area contributed by atoms with Gasteiger partial charge in [-0.25, -0.2) is 0 Å². The maximum Gasteiger partial charge on any atom is 0.194 e. The lowest BCUT2D eigenvalue weighted by Gasteiger charge is -2.36. The van der Waals surface area contributed by atoms with Gasteiger partial charge in [-0.05, 0) is 51.0 Å². The second-order valence-corrected chi connectivity index (χ2v) is 8.20. The summed E-state index contributed by atoms with van der Waals surface area (Å²) in [6.07, 6.45) is 0.913. The van der Waals surface area contributed by atoms with Crippen LogP contribution in [-0.4, -0.2) is 79.0 Å². The van der Waals surface area contributed by atoms with E-state index in [0.29, 0.717) is 0 Å². The second kappa shape index (κ2) is 11.2. The van der Waals surface area contributed by atoms with Crippen molar-refractivity contribution in [2.45, 2.75) is 33.7 Å². The molecule has 1 aromatic heterocycles. The number of aryl methyl sites for hydroxylation is 2. The number of rotatable bonds is 8. The summed E-state index contributed by atoms with van der Waals surface area (Å²) >= 11 is 0. The Balaban J connectivity index is 1.58. The number of aliphatic imine (C=N–C) groups is 1. The van der Waals surface area contributed by atoms with E-state index >= 15 is 0 Å². The van der Waals surface area contributed by atoms with Crippen molar-refractivity contribution in [3.8, 4) is 11.5 Å². The molecule has 0 atom stereocenters. The van der Waals surface area contributed by atoms with Crippen LogP contribution in [0, 0.1) is 13.8 Å². The second-order valence-electron chi connectivity index (χ2n) is 8.20. The molecule has 0 bridgehead atoms. The SMILES string of the molecule is CCNC(=NCCc1c(C)nn(C)c1C)N1CCN(Cc2cc(OC)ccc2OC)CC1. The van der Waals surface area contributed by atoms with Crippen molar-refractivity contribution in [1.29, 1.82) is 0 Å². The fourth-order valence-corrected chi connectivity index (χ4v) is 4.24. The van der Waals surface area contributed by atoms with Crippen LogP contribution in [0.5, 0.6) is 11.5 Å². The van der Waals surface area contributed by atoms with Crippen LogP contribution in [0.25, 0.3) is 0 Å². The third-order valence-electron chi connectivity index (χ3n) is 6.17. The number of hydrogen-bond acceptors (Lipinski definition) is 5. The maximum atomic E-state index is 5.55. The van der Waals surface area contributed by atoms with E-state index in [2.05, 4.69) is 47.1 Å². The molecular weight excluding hydrogens is 404 g/mol. The number of hydrogen-bond donors (Lipinski definition) is 1. The molecule has 1 aliphatic rings. The smallest absolute Gasteiger partial charge is 0.194 e. The van der Waals surface area contributed by atoms with E-state index in [0.717, 1.165) is 81.0 Å². The van der Waals surface area contributed by atoms with E-state index < -0.39 is 0 Å². The molecule has 1 N–H and O–H groups in total. The summed E-state index contributed by atoms with van der Waals surface area (Å²) < 4.78 is 12.9. The highest BCUT2D eigenvalue weighted by Gasteiger charge is 2.21. The molecule has 8 heteroatoms. The van der Waals surface area contributed by atoms with E-state index in [4.69, 9.17) is 14.5 Å². The van der Waals surface area contributed by atoms with Crippen molar-refractivity contribution in [1.82, 2.24) is 24.9 Å². The highest BCUT2D eigenvalue weighted by Crippen LogP contribution is 2.25. The van der Waals surface area contributed by atoms with Crippen LogP contribution in [0.3, 0.4) is 0 Å². The van der Waals surface area contributed by atoms with E-state index in [1.165, 1.54) is 11.3 Å². The van der Waals surface area contributed by atoms with Gasteiger partial charge in [0.05, 0.1) is 19.9 Å². The third kappa shape index (κ3) is 5.73. The Morgan fingerprint density at radius 1 is 1.12 bits per heavy atom. The standard InChI is InChI=1S/C24H38N6O2/c1-7-25-24(26-11-10-22-18(2)27-28(4)19(22)3)30-14-12-29(13-15-30)17-20-16-21(31-5)8-9-23(20)32-6/h8-9,16H,7,10-15,17H2,1-6H3,(H,25,26). The highest BCUT2D eigenvalue weighted by atomic mass is 16.5. The first-order valence-corrected chi connectivity index (χ1v) is 11.4. The normalized spacial score (nSPS) is 15.2. The van der Waals surface area contributed by atoms with Gasteiger partial charge in [0, 0.05) is 64.1 Å². The zero-order chi connectivity index (χ0) is 23.1. The zero-order valence-electron chi connectivity index (χ0n) is 20.4. The van der Waals surface area contributed by atoms with Crippen molar-refractivity contribution < 1.29 is 9.47 Å². The molecule has 0 saturated carbocycles. The summed E-state index contributed by atoms with van der Waals surface area (Å²) in [4.78, 5) is 9.75. The van der Waals surface area contributed by atoms with Gasteiger partial charge in [-0.2, -0.15) is 5.10 Å². The quantitative estimate of drug-likeness (QED) is 0.500. The number of aromatic nitrogens is 2. The van der Waals surface area contributed by atoms with E-state index in [9.17, 15) is 0 Å². The van der Waals surface area contributed by atoms with Crippen LogP contribution < -0.4 is 14.8 Å². The number of ether oxygens (including phenoxy) is 2. The van der Waals surface area contributed by atoms with Crippen LogP contribution in [-0.2, 0) is 20.0 Å². The Morgan fingerprint density at radius 2 is 1.88 bits per heavy atom. The van der Waals surface area contributed by atoms with Crippen LogP contribution in [0.2, 0.25) is 0 Å². The molecule has 0 aliphatic carbocycles. The molecule has 1 aliphatic heterocycles.